The molecule has 1 aliphatic rings. The predicted molar refractivity (Wildman–Crippen MR) is 83.8 cm³/mol. The van der Waals surface area contributed by atoms with Crippen LogP contribution < -0.4 is 10.6 Å². The maximum absolute atomic E-state index is 11.6. The van der Waals surface area contributed by atoms with Gasteiger partial charge in [-0.1, -0.05) is 39.5 Å². The monoisotopic (exact) mass is 290 g/mol. The van der Waals surface area contributed by atoms with E-state index in [1.165, 1.54) is 32.1 Å². The standard InChI is InChI=1S/C15H30N2O.ClH/c1-13(2)8-5-3-4-6-10-17-15(18)12-14-9-7-11-16-14;/h13-14,16H,3-12H2,1-2H3,(H,17,18);1H. The molecule has 1 unspecified atom stereocenters. The molecule has 3 nitrogen and oxygen atoms in total. The number of carbonyl (C=O) groups is 1. The number of halogens is 1. The molecule has 0 spiro atoms. The van der Waals surface area contributed by atoms with Gasteiger partial charge in [0.1, 0.15) is 0 Å². The highest BCUT2D eigenvalue weighted by Gasteiger charge is 2.16. The number of hydrogen-bond donors (Lipinski definition) is 2. The van der Waals surface area contributed by atoms with Gasteiger partial charge in [0, 0.05) is 19.0 Å². The van der Waals surface area contributed by atoms with Crippen molar-refractivity contribution in [3.63, 3.8) is 0 Å². The van der Waals surface area contributed by atoms with Gasteiger partial charge in [-0.3, -0.25) is 4.79 Å². The molecule has 1 atom stereocenters. The van der Waals surface area contributed by atoms with Crippen molar-refractivity contribution < 1.29 is 4.79 Å². The summed E-state index contributed by atoms with van der Waals surface area (Å²) in [6.07, 6.45) is 9.37. The Morgan fingerprint density at radius 3 is 2.63 bits per heavy atom. The van der Waals surface area contributed by atoms with Crippen molar-refractivity contribution in [2.24, 2.45) is 5.92 Å². The topological polar surface area (TPSA) is 41.1 Å². The Morgan fingerprint density at radius 2 is 2.00 bits per heavy atom. The molecule has 1 amide bonds. The van der Waals surface area contributed by atoms with E-state index in [1.807, 2.05) is 0 Å². The van der Waals surface area contributed by atoms with Crippen LogP contribution in [0.1, 0.15) is 65.2 Å². The van der Waals surface area contributed by atoms with Gasteiger partial charge in [0.25, 0.3) is 0 Å². The normalized spacial score (nSPS) is 18.4. The van der Waals surface area contributed by atoms with Crippen molar-refractivity contribution in [2.45, 2.75) is 71.3 Å². The molecule has 2 N–H and O–H groups in total. The van der Waals surface area contributed by atoms with E-state index in [9.17, 15) is 4.79 Å². The minimum atomic E-state index is 0. The maximum Gasteiger partial charge on any atom is 0.221 e. The Kier molecular flexibility index (Phi) is 11.4. The summed E-state index contributed by atoms with van der Waals surface area (Å²) in [6.45, 7) is 6.48. The number of rotatable bonds is 9. The Labute approximate surface area is 124 Å². The van der Waals surface area contributed by atoms with Gasteiger partial charge >= 0.3 is 0 Å². The lowest BCUT2D eigenvalue weighted by molar-refractivity contribution is -0.121. The van der Waals surface area contributed by atoms with Gasteiger partial charge in [0.2, 0.25) is 5.91 Å². The lowest BCUT2D eigenvalue weighted by Crippen LogP contribution is -2.32. The molecule has 19 heavy (non-hydrogen) atoms. The van der Waals surface area contributed by atoms with Crippen LogP contribution in [0.4, 0.5) is 0 Å². The maximum atomic E-state index is 11.6. The number of carbonyl (C=O) groups excluding carboxylic acids is 1. The number of amides is 1. The molecule has 0 aliphatic carbocycles. The summed E-state index contributed by atoms with van der Waals surface area (Å²) in [5.74, 6) is 1.04. The average Bonchev–Trinajstić information content (AvgIpc) is 2.80. The van der Waals surface area contributed by atoms with Gasteiger partial charge in [-0.15, -0.1) is 12.4 Å². The van der Waals surface area contributed by atoms with E-state index in [1.54, 1.807) is 0 Å². The second kappa shape index (κ2) is 11.5. The summed E-state index contributed by atoms with van der Waals surface area (Å²) >= 11 is 0. The second-order valence-electron chi connectivity index (χ2n) is 5.94. The van der Waals surface area contributed by atoms with Crippen LogP contribution in [0.2, 0.25) is 0 Å². The molecular formula is C15H31ClN2O. The zero-order valence-corrected chi connectivity index (χ0v) is 13.4. The quantitative estimate of drug-likeness (QED) is 0.640. The van der Waals surface area contributed by atoms with Crippen LogP contribution in [0, 0.1) is 5.92 Å². The van der Waals surface area contributed by atoms with Crippen molar-refractivity contribution in [1.29, 1.82) is 0 Å². The predicted octanol–water partition coefficient (Wildman–Crippen LogP) is 3.27. The van der Waals surface area contributed by atoms with Crippen LogP contribution in [0.3, 0.4) is 0 Å². The first-order chi connectivity index (χ1) is 8.68. The first-order valence-electron chi connectivity index (χ1n) is 7.68. The molecule has 1 heterocycles. The van der Waals surface area contributed by atoms with E-state index in [4.69, 9.17) is 0 Å². The lowest BCUT2D eigenvalue weighted by atomic mass is 10.0. The fraction of sp³-hybridized carbons (Fsp3) is 0.933. The molecule has 1 fully saturated rings. The first kappa shape index (κ1) is 18.7. The van der Waals surface area contributed by atoms with E-state index in [2.05, 4.69) is 24.5 Å². The van der Waals surface area contributed by atoms with Gasteiger partial charge < -0.3 is 10.6 Å². The molecule has 0 aromatic carbocycles. The van der Waals surface area contributed by atoms with E-state index >= 15 is 0 Å². The summed E-state index contributed by atoms with van der Waals surface area (Å²) in [5, 5.41) is 6.39. The summed E-state index contributed by atoms with van der Waals surface area (Å²) in [5.41, 5.74) is 0. The van der Waals surface area contributed by atoms with Gasteiger partial charge in [-0.05, 0) is 31.7 Å². The third-order valence-electron chi connectivity index (χ3n) is 3.62. The highest BCUT2D eigenvalue weighted by atomic mass is 35.5. The van der Waals surface area contributed by atoms with Crippen molar-refractivity contribution in [3.05, 3.63) is 0 Å². The molecule has 0 aromatic rings. The van der Waals surface area contributed by atoms with Crippen LogP contribution in [0.15, 0.2) is 0 Å². The Bertz CT molecular complexity index is 228. The van der Waals surface area contributed by atoms with Crippen molar-refractivity contribution >= 4 is 18.3 Å². The highest BCUT2D eigenvalue weighted by molar-refractivity contribution is 5.85. The van der Waals surface area contributed by atoms with Crippen LogP contribution in [0.5, 0.6) is 0 Å². The smallest absolute Gasteiger partial charge is 0.221 e. The minimum Gasteiger partial charge on any atom is -0.356 e. The van der Waals surface area contributed by atoms with Gasteiger partial charge in [-0.2, -0.15) is 0 Å². The zero-order valence-electron chi connectivity index (χ0n) is 12.5. The number of nitrogens with one attached hydrogen (secondary N) is 2. The van der Waals surface area contributed by atoms with Gasteiger partial charge in [0.15, 0.2) is 0 Å². The third kappa shape index (κ3) is 10.2. The molecule has 4 heteroatoms. The molecule has 0 bridgehead atoms. The molecule has 1 rings (SSSR count). The molecule has 1 aliphatic heterocycles. The van der Waals surface area contributed by atoms with E-state index in [-0.39, 0.29) is 18.3 Å². The fourth-order valence-electron chi connectivity index (χ4n) is 2.49. The van der Waals surface area contributed by atoms with Gasteiger partial charge in [0.05, 0.1) is 0 Å². The largest absolute Gasteiger partial charge is 0.356 e. The van der Waals surface area contributed by atoms with Crippen molar-refractivity contribution in [3.8, 4) is 0 Å². The van der Waals surface area contributed by atoms with Crippen LogP contribution in [-0.2, 0) is 4.79 Å². The fourth-order valence-corrected chi connectivity index (χ4v) is 2.49. The highest BCUT2D eigenvalue weighted by Crippen LogP contribution is 2.10. The minimum absolute atomic E-state index is 0. The Morgan fingerprint density at radius 1 is 1.26 bits per heavy atom. The van der Waals surface area contributed by atoms with Crippen LogP contribution >= 0.6 is 12.4 Å². The Hall–Kier alpha value is -0.280. The summed E-state index contributed by atoms with van der Waals surface area (Å²) in [7, 11) is 0. The summed E-state index contributed by atoms with van der Waals surface area (Å²) < 4.78 is 0. The molecule has 0 radical (unpaired) electrons. The number of hydrogen-bond acceptors (Lipinski definition) is 2. The molecule has 0 saturated carbocycles. The lowest BCUT2D eigenvalue weighted by Gasteiger charge is -2.10. The molecule has 114 valence electrons. The van der Waals surface area contributed by atoms with Crippen molar-refractivity contribution in [2.75, 3.05) is 13.1 Å². The van der Waals surface area contributed by atoms with E-state index in [0.29, 0.717) is 12.5 Å². The van der Waals surface area contributed by atoms with E-state index < -0.39 is 0 Å². The molecule has 0 aromatic heterocycles. The first-order valence-corrected chi connectivity index (χ1v) is 7.68. The average molecular weight is 291 g/mol. The molecular weight excluding hydrogens is 260 g/mol. The Balaban J connectivity index is 0.00000324. The SMILES string of the molecule is CC(C)CCCCCCNC(=O)CC1CCCN1.Cl. The summed E-state index contributed by atoms with van der Waals surface area (Å²) in [6, 6.07) is 0.427. The molecule has 1 saturated heterocycles. The van der Waals surface area contributed by atoms with Crippen LogP contribution in [-0.4, -0.2) is 25.0 Å². The van der Waals surface area contributed by atoms with Crippen LogP contribution in [0.25, 0.3) is 0 Å². The zero-order chi connectivity index (χ0) is 13.2. The number of unbranched alkanes of at least 4 members (excludes halogenated alkanes) is 3. The van der Waals surface area contributed by atoms with Crippen molar-refractivity contribution in [1.82, 2.24) is 10.6 Å². The summed E-state index contributed by atoms with van der Waals surface area (Å²) in [4.78, 5) is 11.6. The third-order valence-corrected chi connectivity index (χ3v) is 3.62. The van der Waals surface area contributed by atoms with Gasteiger partial charge in [-0.25, -0.2) is 0 Å². The van der Waals surface area contributed by atoms with E-state index in [0.717, 1.165) is 31.8 Å². The second-order valence-corrected chi connectivity index (χ2v) is 5.94.